The van der Waals surface area contributed by atoms with Gasteiger partial charge in [0.05, 0.1) is 25.4 Å². The molecule has 0 fully saturated rings. The van der Waals surface area contributed by atoms with Crippen molar-refractivity contribution < 1.29 is 0 Å². The van der Waals surface area contributed by atoms with E-state index < -0.39 is 0 Å². The zero-order valence-corrected chi connectivity index (χ0v) is 16.5. The lowest BCUT2D eigenvalue weighted by Crippen LogP contribution is -2.02. The van der Waals surface area contributed by atoms with Crippen molar-refractivity contribution in [2.24, 2.45) is 0 Å². The molecule has 0 aromatic rings. The summed E-state index contributed by atoms with van der Waals surface area (Å²) in [7, 11) is 0. The second-order valence-electron chi connectivity index (χ2n) is 4.07. The highest BCUT2D eigenvalue weighted by Crippen LogP contribution is 2.68. The average molecular weight is 399 g/mol. The van der Waals surface area contributed by atoms with Crippen LogP contribution in [0, 0.1) is 0 Å². The van der Waals surface area contributed by atoms with E-state index in [-0.39, 0.29) is 0 Å². The second kappa shape index (κ2) is 6.26. The second-order valence-corrected chi connectivity index (χ2v) is 14.4. The van der Waals surface area contributed by atoms with Gasteiger partial charge in [-0.25, -0.2) is 0 Å². The predicted molar refractivity (Wildman–Crippen MR) is 106 cm³/mol. The van der Waals surface area contributed by atoms with Gasteiger partial charge in [0.1, 0.15) is 0 Å². The Balaban J connectivity index is 1.52. The smallest absolute Gasteiger partial charge is 0.0717 e. The highest BCUT2D eigenvalue weighted by Gasteiger charge is 2.33. The molecule has 0 N–H and O–H groups in total. The van der Waals surface area contributed by atoms with Gasteiger partial charge in [-0.2, -0.15) is 0 Å². The van der Waals surface area contributed by atoms with Crippen LogP contribution in [0.3, 0.4) is 0 Å². The van der Waals surface area contributed by atoms with Crippen LogP contribution in [-0.4, -0.2) is 22.5 Å². The predicted octanol–water partition coefficient (Wildman–Crippen LogP) is 6.67. The minimum Gasteiger partial charge on any atom is -0.116 e. The minimum absolute atomic E-state index is 0.766. The van der Waals surface area contributed by atoms with Gasteiger partial charge in [-0.05, 0) is 0 Å². The third kappa shape index (κ3) is 3.07. The molecule has 4 heterocycles. The highest BCUT2D eigenvalue weighted by atomic mass is 32.3. The van der Waals surface area contributed by atoms with Gasteiger partial charge in [0.25, 0.3) is 0 Å². The van der Waals surface area contributed by atoms with Crippen LogP contribution in [0.25, 0.3) is 0 Å². The number of hydrogen-bond acceptors (Lipinski definition) is 8. The molecule has 0 nitrogen and oxygen atoms in total. The Morgan fingerprint density at radius 2 is 1.21 bits per heavy atom. The molecule has 19 heavy (non-hydrogen) atoms. The van der Waals surface area contributed by atoms with E-state index in [1.807, 2.05) is 70.6 Å². The van der Waals surface area contributed by atoms with E-state index in [2.05, 4.69) is 30.4 Å². The molecular weight excluding hydrogens is 389 g/mol. The van der Waals surface area contributed by atoms with Gasteiger partial charge in [0, 0.05) is 22.5 Å². The van der Waals surface area contributed by atoms with Crippen molar-refractivity contribution in [3.63, 3.8) is 0 Å². The number of rotatable bonds is 0. The van der Waals surface area contributed by atoms with E-state index in [4.69, 9.17) is 0 Å². The van der Waals surface area contributed by atoms with E-state index >= 15 is 0 Å². The average Bonchev–Trinajstić information content (AvgIpc) is 3.00. The summed E-state index contributed by atoms with van der Waals surface area (Å²) in [5.74, 6) is 3.82. The zero-order valence-electron chi connectivity index (χ0n) is 9.96. The molecule has 0 saturated carbocycles. The molecule has 0 amide bonds. The molecule has 0 aliphatic carbocycles. The monoisotopic (exact) mass is 398 g/mol. The molecule has 0 aromatic carbocycles. The van der Waals surface area contributed by atoms with Gasteiger partial charge in [0.15, 0.2) is 0 Å². The van der Waals surface area contributed by atoms with Gasteiger partial charge in [-0.1, -0.05) is 54.0 Å². The lowest BCUT2D eigenvalue weighted by atomic mass is 10.6. The van der Waals surface area contributed by atoms with Crippen molar-refractivity contribution in [3.05, 3.63) is 25.4 Å². The van der Waals surface area contributed by atoms with Crippen molar-refractivity contribution in [1.29, 1.82) is 0 Å². The molecule has 0 saturated heterocycles. The Labute approximate surface area is 147 Å². The summed E-state index contributed by atoms with van der Waals surface area (Å²) in [5, 5.41) is 0.766. The zero-order chi connectivity index (χ0) is 12.8. The maximum Gasteiger partial charge on any atom is 0.0717 e. The van der Waals surface area contributed by atoms with Gasteiger partial charge >= 0.3 is 0 Å². The molecule has 4 aliphatic rings. The summed E-state index contributed by atoms with van der Waals surface area (Å²) >= 11 is 16.3. The van der Waals surface area contributed by atoms with E-state index in [1.165, 1.54) is 25.7 Å². The largest absolute Gasteiger partial charge is 0.116 e. The van der Waals surface area contributed by atoms with Gasteiger partial charge in [-0.3, -0.25) is 0 Å². The Bertz CT molecular complexity index is 497. The third-order valence-electron chi connectivity index (χ3n) is 2.55. The summed E-state index contributed by atoms with van der Waals surface area (Å²) in [4.78, 5) is 0. The normalized spacial score (nSPS) is 31.1. The van der Waals surface area contributed by atoms with Crippen LogP contribution in [0.4, 0.5) is 0 Å². The first-order valence-corrected chi connectivity index (χ1v) is 12.9. The summed E-state index contributed by atoms with van der Waals surface area (Å²) in [6, 6.07) is 0. The molecule has 4 aliphatic heterocycles. The maximum absolute atomic E-state index is 2.34. The molecule has 8 heteroatoms. The summed E-state index contributed by atoms with van der Waals surface area (Å²) in [5.41, 5.74) is 0. The quantitative estimate of drug-likeness (QED) is 0.438. The van der Waals surface area contributed by atoms with Gasteiger partial charge in [0.2, 0.25) is 0 Å². The van der Waals surface area contributed by atoms with Crippen molar-refractivity contribution in [2.45, 2.75) is 12.2 Å². The Morgan fingerprint density at radius 1 is 0.684 bits per heavy atom. The van der Waals surface area contributed by atoms with Crippen LogP contribution in [-0.2, 0) is 0 Å². The van der Waals surface area contributed by atoms with Crippen molar-refractivity contribution in [2.75, 3.05) is 17.3 Å². The lowest BCUT2D eigenvalue weighted by Gasteiger charge is -2.16. The van der Waals surface area contributed by atoms with Crippen LogP contribution >= 0.6 is 94.1 Å². The minimum atomic E-state index is 0.766. The summed E-state index contributed by atoms with van der Waals surface area (Å²) < 4.78 is 9.30. The summed E-state index contributed by atoms with van der Waals surface area (Å²) in [6.07, 6.45) is 0. The number of thioether (sulfide) groups is 8. The molecule has 0 aromatic heterocycles. The maximum atomic E-state index is 2.34. The van der Waals surface area contributed by atoms with E-state index in [1.54, 1.807) is 16.9 Å². The van der Waals surface area contributed by atoms with Crippen molar-refractivity contribution in [1.82, 2.24) is 0 Å². The fourth-order valence-corrected chi connectivity index (χ4v) is 14.2. The molecule has 4 rings (SSSR count). The Morgan fingerprint density at radius 3 is 1.84 bits per heavy atom. The van der Waals surface area contributed by atoms with E-state index in [0.717, 1.165) is 5.25 Å². The van der Waals surface area contributed by atoms with Gasteiger partial charge < -0.3 is 0 Å². The van der Waals surface area contributed by atoms with Crippen LogP contribution in [0.15, 0.2) is 25.4 Å². The van der Waals surface area contributed by atoms with Crippen LogP contribution in [0.5, 0.6) is 0 Å². The molecule has 0 radical (unpaired) electrons. The molecule has 102 valence electrons. The first-order valence-electron chi connectivity index (χ1n) is 5.79. The standard InChI is InChI=1S/C11H10S8/c1-5-4-14-8-9(15-5)19-11(18-8)10-16-6-7(17-10)13-3-2-12-6/h5H,2-4H2,1H3. The van der Waals surface area contributed by atoms with Gasteiger partial charge in [-0.15, -0.1) is 47.0 Å². The van der Waals surface area contributed by atoms with Crippen LogP contribution in [0.1, 0.15) is 6.92 Å². The Hall–Kier alpha value is 2.02. The molecule has 1 atom stereocenters. The lowest BCUT2D eigenvalue weighted by molar-refractivity contribution is 1.14. The first kappa shape index (κ1) is 14.6. The van der Waals surface area contributed by atoms with Crippen LogP contribution in [0.2, 0.25) is 0 Å². The molecular formula is C11H10S8. The fraction of sp³-hybridized carbons (Fsp3) is 0.455. The molecule has 0 spiro atoms. The highest BCUT2D eigenvalue weighted by molar-refractivity contribution is 8.45. The van der Waals surface area contributed by atoms with Crippen LogP contribution < -0.4 is 0 Å². The molecule has 1 unspecified atom stereocenters. The summed E-state index contributed by atoms with van der Waals surface area (Å²) in [6.45, 7) is 2.34. The topological polar surface area (TPSA) is 0 Å². The SMILES string of the molecule is CC1CSC2=C(SC(=C3SC4=C(SCCS4)S3)S2)S1. The molecule has 0 bridgehead atoms. The first-order chi connectivity index (χ1) is 9.29. The van der Waals surface area contributed by atoms with Crippen molar-refractivity contribution >= 4 is 94.1 Å². The third-order valence-corrected chi connectivity index (χ3v) is 14.9. The fourth-order valence-electron chi connectivity index (χ4n) is 1.73. The number of hydrogen-bond donors (Lipinski definition) is 0. The Kier molecular flexibility index (Phi) is 4.81. The van der Waals surface area contributed by atoms with Crippen molar-refractivity contribution in [3.8, 4) is 0 Å². The van der Waals surface area contributed by atoms with E-state index in [0.29, 0.717) is 0 Å². The van der Waals surface area contributed by atoms with E-state index in [9.17, 15) is 0 Å².